The lowest BCUT2D eigenvalue weighted by Gasteiger charge is -2.44. The maximum absolute atomic E-state index is 13.7. The molecule has 2 aliphatic heterocycles. The molecular weight excluding hydrogens is 832 g/mol. The summed E-state index contributed by atoms with van der Waals surface area (Å²) < 4.78 is 42.5. The average Bonchev–Trinajstić information content (AvgIpc) is 3.66. The minimum absolute atomic E-state index is 0.0235. The van der Waals surface area contributed by atoms with E-state index >= 15 is 0 Å². The molecule has 1 aromatic heterocycles. The third kappa shape index (κ3) is 10.7. The quantitative estimate of drug-likeness (QED) is 0.0622. The maximum Gasteiger partial charge on any atom is 0.330 e. The van der Waals surface area contributed by atoms with Gasteiger partial charge in [0.1, 0.15) is 35.0 Å². The zero-order valence-corrected chi connectivity index (χ0v) is 39.9. The molecule has 1 saturated heterocycles. The van der Waals surface area contributed by atoms with Crippen LogP contribution in [0.1, 0.15) is 110 Å². The number of rotatable bonds is 17. The number of hydroxylamine groups is 2. The monoisotopic (exact) mass is 895 g/mol. The van der Waals surface area contributed by atoms with Crippen molar-refractivity contribution < 1.29 is 33.2 Å². The first kappa shape index (κ1) is 48.8. The van der Waals surface area contributed by atoms with Gasteiger partial charge >= 0.3 is 5.69 Å². The Morgan fingerprint density at radius 3 is 1.98 bits per heavy atom. The summed E-state index contributed by atoms with van der Waals surface area (Å²) in [5.41, 5.74) is -0.523. The second-order valence-electron chi connectivity index (χ2n) is 18.0. The van der Waals surface area contributed by atoms with Crippen molar-refractivity contribution in [2.24, 2.45) is 0 Å². The summed E-state index contributed by atoms with van der Waals surface area (Å²) in [7, 11) is 1.67. The lowest BCUT2D eigenvalue weighted by atomic mass is 9.80. The summed E-state index contributed by atoms with van der Waals surface area (Å²) in [6.07, 6.45) is 2.51. The molecule has 14 heteroatoms. The van der Waals surface area contributed by atoms with E-state index in [4.69, 9.17) is 28.0 Å². The van der Waals surface area contributed by atoms with E-state index < -0.39 is 54.9 Å². The van der Waals surface area contributed by atoms with Crippen molar-refractivity contribution in [2.75, 3.05) is 27.4 Å². The number of benzene rings is 3. The van der Waals surface area contributed by atoms with Gasteiger partial charge in [0, 0.05) is 42.2 Å². The molecule has 1 fully saturated rings. The Morgan fingerprint density at radius 1 is 0.875 bits per heavy atom. The minimum atomic E-state index is -1.60. The van der Waals surface area contributed by atoms with Crippen molar-refractivity contribution in [1.29, 1.82) is 0 Å². The minimum Gasteiger partial charge on any atom is -0.497 e. The second-order valence-corrected chi connectivity index (χ2v) is 19.4. The van der Waals surface area contributed by atoms with Gasteiger partial charge in [0.15, 0.2) is 0 Å². The van der Waals surface area contributed by atoms with E-state index in [1.807, 2.05) is 113 Å². The highest BCUT2D eigenvalue weighted by Crippen LogP contribution is 2.51. The number of aromatic amines is 1. The summed E-state index contributed by atoms with van der Waals surface area (Å²) in [6.45, 7) is 18.5. The van der Waals surface area contributed by atoms with Crippen LogP contribution in [-0.4, -0.2) is 82.1 Å². The van der Waals surface area contributed by atoms with Gasteiger partial charge in [-0.1, -0.05) is 79.4 Å². The van der Waals surface area contributed by atoms with Crippen molar-refractivity contribution >= 4 is 8.53 Å². The van der Waals surface area contributed by atoms with Crippen LogP contribution in [0.3, 0.4) is 0 Å². The SMILES string of the molecule is CCCOP(OC1CC(n2cc(C#CC3=CC(C)(C)N([O])C(C)(C)C3)c(=O)[nH]c2=O)OC1COC(c1ccccc1)(c1ccc(OC)cc1)c1ccc(OC)cc1)N(C(C)C)C(C)C. The molecule has 4 unspecified atom stereocenters. The number of methoxy groups -OCH3 is 2. The fourth-order valence-corrected chi connectivity index (χ4v) is 10.5. The van der Waals surface area contributed by atoms with Crippen LogP contribution < -0.4 is 20.7 Å². The Labute approximate surface area is 379 Å². The van der Waals surface area contributed by atoms with Crippen LogP contribution in [0.25, 0.3) is 0 Å². The molecule has 343 valence electrons. The summed E-state index contributed by atoms with van der Waals surface area (Å²) in [4.78, 5) is 29.5. The number of ether oxygens (including phenoxy) is 4. The van der Waals surface area contributed by atoms with E-state index in [1.165, 1.54) is 10.8 Å². The van der Waals surface area contributed by atoms with Crippen molar-refractivity contribution in [3.63, 3.8) is 0 Å². The Balaban J connectivity index is 1.44. The molecule has 0 saturated carbocycles. The van der Waals surface area contributed by atoms with Gasteiger partial charge in [-0.05, 0) is 103 Å². The van der Waals surface area contributed by atoms with Gasteiger partial charge in [-0.3, -0.25) is 14.3 Å². The van der Waals surface area contributed by atoms with Crippen LogP contribution in [-0.2, 0) is 29.3 Å². The van der Waals surface area contributed by atoms with Gasteiger partial charge in [-0.15, -0.1) is 10.3 Å². The first-order chi connectivity index (χ1) is 30.4. The third-order valence-corrected chi connectivity index (χ3v) is 13.7. The predicted molar refractivity (Wildman–Crippen MR) is 249 cm³/mol. The number of aromatic nitrogens is 2. The molecule has 0 bridgehead atoms. The molecule has 2 aliphatic rings. The van der Waals surface area contributed by atoms with Crippen LogP contribution in [0, 0.1) is 11.8 Å². The smallest absolute Gasteiger partial charge is 0.330 e. The van der Waals surface area contributed by atoms with Crippen LogP contribution in [0.5, 0.6) is 11.5 Å². The molecule has 0 spiro atoms. The molecule has 6 rings (SSSR count). The number of H-pyrrole nitrogens is 1. The van der Waals surface area contributed by atoms with Crippen molar-refractivity contribution in [1.82, 2.24) is 19.3 Å². The number of hydrogen-bond donors (Lipinski definition) is 1. The van der Waals surface area contributed by atoms with Crippen molar-refractivity contribution in [3.05, 3.63) is 140 Å². The van der Waals surface area contributed by atoms with E-state index in [0.29, 0.717) is 24.5 Å². The van der Waals surface area contributed by atoms with E-state index in [2.05, 4.69) is 56.1 Å². The molecule has 4 atom stereocenters. The Kier molecular flexibility index (Phi) is 15.8. The fourth-order valence-electron chi connectivity index (χ4n) is 8.69. The van der Waals surface area contributed by atoms with Gasteiger partial charge in [0.25, 0.3) is 14.1 Å². The molecule has 64 heavy (non-hydrogen) atoms. The number of nitrogens with zero attached hydrogens (tertiary/aromatic N) is 3. The first-order valence-electron chi connectivity index (χ1n) is 22.0. The Bertz CT molecular complexity index is 2330. The van der Waals surface area contributed by atoms with Crippen LogP contribution in [0.2, 0.25) is 0 Å². The number of hydrogen-bond acceptors (Lipinski definition) is 10. The molecular formula is C50H64N4O9P. The zero-order chi connectivity index (χ0) is 46.4. The molecule has 3 heterocycles. The van der Waals surface area contributed by atoms with Crippen LogP contribution >= 0.6 is 8.53 Å². The topological polar surface area (TPSA) is 137 Å². The van der Waals surface area contributed by atoms with E-state index in [-0.39, 0.29) is 30.7 Å². The molecule has 13 nitrogen and oxygen atoms in total. The zero-order valence-electron chi connectivity index (χ0n) is 39.0. The molecule has 1 N–H and O–H groups in total. The van der Waals surface area contributed by atoms with Crippen molar-refractivity contribution in [3.8, 4) is 23.3 Å². The first-order valence-corrected chi connectivity index (χ1v) is 23.2. The summed E-state index contributed by atoms with van der Waals surface area (Å²) >= 11 is 0. The predicted octanol–water partition coefficient (Wildman–Crippen LogP) is 8.89. The average molecular weight is 896 g/mol. The van der Waals surface area contributed by atoms with Gasteiger partial charge in [0.05, 0.1) is 39.1 Å². The molecule has 3 aromatic carbocycles. The van der Waals surface area contributed by atoms with Crippen LogP contribution in [0.4, 0.5) is 0 Å². The van der Waals surface area contributed by atoms with Gasteiger partial charge < -0.3 is 28.0 Å². The Hall–Kier alpha value is -4.61. The summed E-state index contributed by atoms with van der Waals surface area (Å²) in [6, 6.07) is 25.8. The largest absolute Gasteiger partial charge is 0.497 e. The second kappa shape index (κ2) is 20.7. The highest BCUT2D eigenvalue weighted by molar-refractivity contribution is 7.44. The maximum atomic E-state index is 13.7. The highest BCUT2D eigenvalue weighted by atomic mass is 31.2. The van der Waals surface area contributed by atoms with Gasteiger partial charge in [0.2, 0.25) is 0 Å². The normalized spacial score (nSPS) is 20.2. The van der Waals surface area contributed by atoms with Gasteiger partial charge in [-0.2, -0.15) is 0 Å². The molecule has 0 amide bonds. The summed E-state index contributed by atoms with van der Waals surface area (Å²) in [5.74, 6) is 7.53. The highest BCUT2D eigenvalue weighted by Gasteiger charge is 2.46. The van der Waals surface area contributed by atoms with E-state index in [1.54, 1.807) is 14.2 Å². The summed E-state index contributed by atoms with van der Waals surface area (Å²) in [5, 5.41) is 14.1. The lowest BCUT2D eigenvalue weighted by molar-refractivity contribution is -0.262. The Morgan fingerprint density at radius 2 is 1.45 bits per heavy atom. The molecule has 1 radical (unpaired) electrons. The van der Waals surface area contributed by atoms with Crippen LogP contribution in [0.15, 0.2) is 106 Å². The standard InChI is InChI=1S/C50H64N4O9P/c1-12-28-61-64(53(34(2)3)35(4)5)63-43-29-45(52-32-37(46(55)51-47(52)56)19-18-36-30-48(6,7)54(57)49(8,9)31-36)62-44(43)33-60-50(38-16-14-13-15-17-38,39-20-24-41(58-10)25-21-39)40-22-26-42(59-11)27-23-40/h13-17,20-27,30,32,34-35,43-45H,12,28-29,31,33H2,1-11H3,(H,51,55,56). The van der Waals surface area contributed by atoms with E-state index in [0.717, 1.165) is 33.7 Å². The third-order valence-electron chi connectivity index (χ3n) is 11.6. The van der Waals surface area contributed by atoms with Crippen molar-refractivity contribution in [2.45, 2.75) is 129 Å². The van der Waals surface area contributed by atoms with E-state index in [9.17, 15) is 14.8 Å². The van der Waals surface area contributed by atoms with Gasteiger partial charge in [-0.25, -0.2) is 9.46 Å². The molecule has 0 aliphatic carbocycles. The lowest BCUT2D eigenvalue weighted by Crippen LogP contribution is -2.54. The number of nitrogens with one attached hydrogen (secondary N) is 1. The fraction of sp³-hybridized carbons (Fsp3) is 0.480. The molecule has 4 aromatic rings.